The number of hydrogen-bond acceptors (Lipinski definition) is 4. The highest BCUT2D eigenvalue weighted by Crippen LogP contribution is 2.31. The lowest BCUT2D eigenvalue weighted by Gasteiger charge is -2.11. The zero-order valence-corrected chi connectivity index (χ0v) is 14.4. The second-order valence-electron chi connectivity index (χ2n) is 6.51. The van der Waals surface area contributed by atoms with Gasteiger partial charge in [0.2, 0.25) is 12.4 Å². The molecule has 1 aromatic carbocycles. The Kier molecular flexibility index (Phi) is 4.79. The summed E-state index contributed by atoms with van der Waals surface area (Å²) in [4.78, 5) is 13.2. The lowest BCUT2D eigenvalue weighted by Crippen LogP contribution is -2.08. The standard InChI is InChI=1S/C19H18F3N5/c20-13-3-1-12(2-4-13)17-18(27(11-24-17)10-8-16(21)22)15-7-9-23-19(26-15)25-14-5-6-14/h1-4,7,9,11,14,16H,5-6,8,10H2,(H,23,25,26). The molecule has 0 saturated heterocycles. The van der Waals surface area contributed by atoms with E-state index in [-0.39, 0.29) is 18.8 Å². The third kappa shape index (κ3) is 4.10. The average molecular weight is 373 g/mol. The number of halogens is 3. The number of aromatic nitrogens is 4. The summed E-state index contributed by atoms with van der Waals surface area (Å²) in [5, 5.41) is 3.23. The second kappa shape index (κ2) is 7.38. The van der Waals surface area contributed by atoms with Crippen LogP contribution in [0.4, 0.5) is 19.1 Å². The fourth-order valence-corrected chi connectivity index (χ4v) is 2.85. The Balaban J connectivity index is 1.75. The van der Waals surface area contributed by atoms with Crippen LogP contribution in [-0.4, -0.2) is 32.0 Å². The molecule has 140 valence electrons. The van der Waals surface area contributed by atoms with Crippen LogP contribution in [0.25, 0.3) is 22.6 Å². The zero-order chi connectivity index (χ0) is 18.8. The molecule has 27 heavy (non-hydrogen) atoms. The number of nitrogens with zero attached hydrogens (tertiary/aromatic N) is 4. The van der Waals surface area contributed by atoms with Crippen LogP contribution >= 0.6 is 0 Å². The zero-order valence-electron chi connectivity index (χ0n) is 14.4. The maximum Gasteiger partial charge on any atom is 0.240 e. The largest absolute Gasteiger partial charge is 0.351 e. The first kappa shape index (κ1) is 17.5. The van der Waals surface area contributed by atoms with Gasteiger partial charge in [-0.3, -0.25) is 0 Å². The Morgan fingerprint density at radius 2 is 1.89 bits per heavy atom. The Morgan fingerprint density at radius 3 is 2.59 bits per heavy atom. The van der Waals surface area contributed by atoms with Gasteiger partial charge in [0.1, 0.15) is 5.82 Å². The number of nitrogens with one attached hydrogen (secondary N) is 1. The molecule has 1 N–H and O–H groups in total. The molecule has 0 unspecified atom stereocenters. The van der Waals surface area contributed by atoms with E-state index in [1.165, 1.54) is 18.5 Å². The molecule has 2 heterocycles. The monoisotopic (exact) mass is 373 g/mol. The van der Waals surface area contributed by atoms with Crippen molar-refractivity contribution in [3.63, 3.8) is 0 Å². The van der Waals surface area contributed by atoms with Crippen molar-refractivity contribution < 1.29 is 13.2 Å². The number of hydrogen-bond donors (Lipinski definition) is 1. The van der Waals surface area contributed by atoms with Gasteiger partial charge in [0, 0.05) is 30.8 Å². The van der Waals surface area contributed by atoms with Gasteiger partial charge in [-0.2, -0.15) is 0 Å². The summed E-state index contributed by atoms with van der Waals surface area (Å²) in [6.45, 7) is 0.108. The molecular weight excluding hydrogens is 355 g/mol. The van der Waals surface area contributed by atoms with Gasteiger partial charge in [-0.1, -0.05) is 0 Å². The van der Waals surface area contributed by atoms with Crippen molar-refractivity contribution in [2.75, 3.05) is 5.32 Å². The van der Waals surface area contributed by atoms with E-state index in [4.69, 9.17) is 0 Å². The molecule has 2 aromatic heterocycles. The minimum atomic E-state index is -2.41. The normalized spacial score (nSPS) is 13.9. The summed E-state index contributed by atoms with van der Waals surface area (Å²) in [6, 6.07) is 8.03. The van der Waals surface area contributed by atoms with Gasteiger partial charge in [0.05, 0.1) is 23.4 Å². The molecule has 0 spiro atoms. The molecule has 0 bridgehead atoms. The summed E-state index contributed by atoms with van der Waals surface area (Å²) in [6.07, 6.45) is 2.62. The van der Waals surface area contributed by atoms with Crippen LogP contribution in [0.5, 0.6) is 0 Å². The van der Waals surface area contributed by atoms with Crippen molar-refractivity contribution in [3.05, 3.63) is 48.7 Å². The molecule has 0 amide bonds. The van der Waals surface area contributed by atoms with Gasteiger partial charge in [-0.25, -0.2) is 28.1 Å². The van der Waals surface area contributed by atoms with E-state index >= 15 is 0 Å². The van der Waals surface area contributed by atoms with E-state index in [2.05, 4.69) is 20.3 Å². The number of aryl methyl sites for hydroxylation is 1. The second-order valence-corrected chi connectivity index (χ2v) is 6.51. The van der Waals surface area contributed by atoms with Crippen LogP contribution in [0.1, 0.15) is 19.3 Å². The number of benzene rings is 1. The third-order valence-corrected chi connectivity index (χ3v) is 4.35. The van der Waals surface area contributed by atoms with Gasteiger partial charge in [0.15, 0.2) is 0 Å². The minimum absolute atomic E-state index is 0.108. The summed E-state index contributed by atoms with van der Waals surface area (Å²) < 4.78 is 40.4. The Hall–Kier alpha value is -2.90. The maximum atomic E-state index is 13.3. The molecule has 8 heteroatoms. The van der Waals surface area contributed by atoms with E-state index in [1.54, 1.807) is 29.0 Å². The first-order chi connectivity index (χ1) is 13.1. The van der Waals surface area contributed by atoms with Gasteiger partial charge >= 0.3 is 0 Å². The average Bonchev–Trinajstić information content (AvgIpc) is 3.36. The van der Waals surface area contributed by atoms with Crippen molar-refractivity contribution in [2.45, 2.75) is 38.3 Å². The number of alkyl halides is 2. The molecule has 4 rings (SSSR count). The van der Waals surface area contributed by atoms with E-state index in [9.17, 15) is 13.2 Å². The van der Waals surface area contributed by atoms with Crippen molar-refractivity contribution in [2.24, 2.45) is 0 Å². The first-order valence-electron chi connectivity index (χ1n) is 8.79. The van der Waals surface area contributed by atoms with Gasteiger partial charge in [0.25, 0.3) is 0 Å². The summed E-state index contributed by atoms with van der Waals surface area (Å²) >= 11 is 0. The van der Waals surface area contributed by atoms with Crippen molar-refractivity contribution in [1.82, 2.24) is 19.5 Å². The smallest absolute Gasteiger partial charge is 0.240 e. The van der Waals surface area contributed by atoms with Gasteiger partial charge < -0.3 is 9.88 Å². The highest BCUT2D eigenvalue weighted by molar-refractivity contribution is 5.77. The van der Waals surface area contributed by atoms with Crippen LogP contribution in [0.2, 0.25) is 0 Å². The van der Waals surface area contributed by atoms with E-state index in [0.717, 1.165) is 12.8 Å². The fraction of sp³-hybridized carbons (Fsp3) is 0.316. The number of anilines is 1. The van der Waals surface area contributed by atoms with Crippen LogP contribution in [0.15, 0.2) is 42.9 Å². The predicted octanol–water partition coefficient (Wildman–Crippen LogP) is 4.38. The van der Waals surface area contributed by atoms with Crippen LogP contribution in [-0.2, 0) is 6.54 Å². The van der Waals surface area contributed by atoms with Crippen molar-refractivity contribution >= 4 is 5.95 Å². The van der Waals surface area contributed by atoms with Crippen LogP contribution < -0.4 is 5.32 Å². The topological polar surface area (TPSA) is 55.6 Å². The fourth-order valence-electron chi connectivity index (χ4n) is 2.85. The highest BCUT2D eigenvalue weighted by atomic mass is 19.3. The third-order valence-electron chi connectivity index (χ3n) is 4.35. The van der Waals surface area contributed by atoms with Gasteiger partial charge in [-0.15, -0.1) is 0 Å². The molecule has 0 atom stereocenters. The maximum absolute atomic E-state index is 13.3. The summed E-state index contributed by atoms with van der Waals surface area (Å²) in [5.74, 6) is 0.150. The predicted molar refractivity (Wildman–Crippen MR) is 95.9 cm³/mol. The highest BCUT2D eigenvalue weighted by Gasteiger charge is 2.23. The molecule has 1 aliphatic rings. The lowest BCUT2D eigenvalue weighted by atomic mass is 10.1. The molecule has 1 saturated carbocycles. The van der Waals surface area contributed by atoms with Crippen molar-refractivity contribution in [1.29, 1.82) is 0 Å². The van der Waals surface area contributed by atoms with E-state index < -0.39 is 6.43 Å². The molecule has 3 aromatic rings. The van der Waals surface area contributed by atoms with Crippen molar-refractivity contribution in [3.8, 4) is 22.6 Å². The summed E-state index contributed by atoms with van der Waals surface area (Å²) in [7, 11) is 0. The first-order valence-corrected chi connectivity index (χ1v) is 8.79. The molecule has 5 nitrogen and oxygen atoms in total. The molecular formula is C19H18F3N5. The van der Waals surface area contributed by atoms with E-state index in [1.807, 2.05) is 0 Å². The lowest BCUT2D eigenvalue weighted by molar-refractivity contribution is 0.131. The Bertz CT molecular complexity index is 919. The number of imidazole rings is 1. The minimum Gasteiger partial charge on any atom is -0.351 e. The summed E-state index contributed by atoms with van der Waals surface area (Å²) in [5.41, 5.74) is 2.46. The Labute approximate surface area is 154 Å². The number of rotatable bonds is 7. The molecule has 1 fully saturated rings. The molecule has 1 aliphatic carbocycles. The molecule has 0 radical (unpaired) electrons. The van der Waals surface area contributed by atoms with E-state index in [0.29, 0.717) is 34.6 Å². The van der Waals surface area contributed by atoms with Gasteiger partial charge in [-0.05, 0) is 43.2 Å². The Morgan fingerprint density at radius 1 is 1.11 bits per heavy atom. The molecule has 0 aliphatic heterocycles. The van der Waals surface area contributed by atoms with Crippen LogP contribution in [0, 0.1) is 5.82 Å². The quantitative estimate of drug-likeness (QED) is 0.668. The van der Waals surface area contributed by atoms with Crippen LogP contribution in [0.3, 0.4) is 0 Å². The SMILES string of the molecule is Fc1ccc(-c2ncn(CCC(F)F)c2-c2ccnc(NC3CC3)n2)cc1.